The normalized spacial score (nSPS) is 29.1. The van der Waals surface area contributed by atoms with Crippen LogP contribution in [-0.4, -0.2) is 35.2 Å². The smallest absolute Gasteiger partial charge is 0.253 e. The van der Waals surface area contributed by atoms with Crippen LogP contribution < -0.4 is 10.2 Å². The Morgan fingerprint density at radius 1 is 1.00 bits per heavy atom. The number of para-hydroxylation sites is 1. The Balaban J connectivity index is 1.60. The molecule has 158 valence electrons. The fourth-order valence-electron chi connectivity index (χ4n) is 5.52. The van der Waals surface area contributed by atoms with Crippen LogP contribution in [0.25, 0.3) is 0 Å². The second-order valence-corrected chi connectivity index (χ2v) is 8.86. The number of nitrogens with one attached hydrogen (secondary N) is 1. The Kier molecular flexibility index (Phi) is 4.38. The van der Waals surface area contributed by atoms with Gasteiger partial charge in [0.05, 0.1) is 18.4 Å². The zero-order valence-electron chi connectivity index (χ0n) is 17.7. The molecule has 5 rings (SSSR count). The maximum Gasteiger partial charge on any atom is 0.253 e. The molecule has 1 spiro atoms. The first kappa shape index (κ1) is 19.7. The number of rotatable bonds is 4. The van der Waals surface area contributed by atoms with Gasteiger partial charge in [0.25, 0.3) is 5.91 Å². The van der Waals surface area contributed by atoms with Gasteiger partial charge in [-0.05, 0) is 25.5 Å². The molecule has 3 aliphatic rings. The summed E-state index contributed by atoms with van der Waals surface area (Å²) >= 11 is 0. The summed E-state index contributed by atoms with van der Waals surface area (Å²) in [4.78, 5) is 43.9. The van der Waals surface area contributed by atoms with Gasteiger partial charge in [0.2, 0.25) is 11.8 Å². The Morgan fingerprint density at radius 3 is 2.39 bits per heavy atom. The van der Waals surface area contributed by atoms with Crippen molar-refractivity contribution in [3.8, 4) is 0 Å². The van der Waals surface area contributed by atoms with E-state index in [0.717, 1.165) is 22.4 Å². The average molecular weight is 415 g/mol. The maximum atomic E-state index is 13.9. The van der Waals surface area contributed by atoms with Crippen molar-refractivity contribution in [2.75, 3.05) is 11.4 Å². The Morgan fingerprint density at radius 2 is 1.68 bits per heavy atom. The van der Waals surface area contributed by atoms with E-state index < -0.39 is 17.4 Å². The minimum atomic E-state index is -1.23. The summed E-state index contributed by atoms with van der Waals surface area (Å²) in [6, 6.07) is 16.7. The fraction of sp³-hybridized carbons (Fsp3) is 0.320. The van der Waals surface area contributed by atoms with Crippen molar-refractivity contribution in [1.29, 1.82) is 0 Å². The third kappa shape index (κ3) is 2.64. The zero-order valence-corrected chi connectivity index (χ0v) is 17.7. The molecule has 6 heteroatoms. The minimum Gasteiger partial charge on any atom is -0.306 e. The van der Waals surface area contributed by atoms with E-state index in [0.29, 0.717) is 6.54 Å². The zero-order chi connectivity index (χ0) is 21.9. The molecule has 0 aromatic heterocycles. The largest absolute Gasteiger partial charge is 0.306 e. The number of anilines is 1. The second-order valence-electron chi connectivity index (χ2n) is 8.86. The maximum absolute atomic E-state index is 13.9. The summed E-state index contributed by atoms with van der Waals surface area (Å²) in [6.45, 7) is 8.33. The van der Waals surface area contributed by atoms with Crippen molar-refractivity contribution >= 4 is 23.4 Å². The van der Waals surface area contributed by atoms with E-state index in [1.807, 2.05) is 68.4 Å². The lowest BCUT2D eigenvalue weighted by atomic mass is 9.76. The van der Waals surface area contributed by atoms with Crippen molar-refractivity contribution < 1.29 is 14.4 Å². The third-order valence-corrected chi connectivity index (χ3v) is 6.72. The summed E-state index contributed by atoms with van der Waals surface area (Å²) in [5.74, 6) is -2.00. The molecule has 2 fully saturated rings. The predicted molar refractivity (Wildman–Crippen MR) is 117 cm³/mol. The number of amides is 3. The molecule has 0 radical (unpaired) electrons. The van der Waals surface area contributed by atoms with Crippen LogP contribution in [0.15, 0.2) is 66.7 Å². The molecule has 0 bridgehead atoms. The highest BCUT2D eigenvalue weighted by Crippen LogP contribution is 2.54. The van der Waals surface area contributed by atoms with Crippen LogP contribution in [0.5, 0.6) is 0 Å². The Hall–Kier alpha value is -3.25. The lowest BCUT2D eigenvalue weighted by Crippen LogP contribution is -2.54. The minimum absolute atomic E-state index is 0.182. The molecule has 0 aliphatic carbocycles. The van der Waals surface area contributed by atoms with Crippen LogP contribution in [-0.2, 0) is 26.5 Å². The van der Waals surface area contributed by atoms with Crippen LogP contribution in [0.2, 0.25) is 0 Å². The van der Waals surface area contributed by atoms with Crippen LogP contribution >= 0.6 is 0 Å². The van der Waals surface area contributed by atoms with E-state index >= 15 is 0 Å². The van der Waals surface area contributed by atoms with E-state index in [4.69, 9.17) is 0 Å². The Bertz CT molecular complexity index is 1110. The first-order chi connectivity index (χ1) is 14.9. The van der Waals surface area contributed by atoms with Crippen molar-refractivity contribution in [2.24, 2.45) is 11.8 Å². The molecular weight excluding hydrogens is 390 g/mol. The van der Waals surface area contributed by atoms with E-state index in [1.54, 1.807) is 4.90 Å². The molecule has 3 heterocycles. The van der Waals surface area contributed by atoms with Gasteiger partial charge < -0.3 is 4.90 Å². The summed E-state index contributed by atoms with van der Waals surface area (Å²) in [5.41, 5.74) is 2.05. The number of nitrogens with zero attached hydrogens (tertiary/aromatic N) is 2. The van der Waals surface area contributed by atoms with Crippen molar-refractivity contribution in [1.82, 2.24) is 10.2 Å². The highest BCUT2D eigenvalue weighted by molar-refractivity contribution is 6.16. The van der Waals surface area contributed by atoms with Crippen molar-refractivity contribution in [3.05, 3.63) is 77.9 Å². The summed E-state index contributed by atoms with van der Waals surface area (Å²) < 4.78 is 0. The van der Waals surface area contributed by atoms with Gasteiger partial charge in [-0.25, -0.2) is 0 Å². The summed E-state index contributed by atoms with van der Waals surface area (Å²) in [7, 11) is 0. The van der Waals surface area contributed by atoms with Gasteiger partial charge in [-0.3, -0.25) is 24.6 Å². The van der Waals surface area contributed by atoms with Crippen molar-refractivity contribution in [2.45, 2.75) is 32.0 Å². The number of benzene rings is 2. The molecule has 6 nitrogen and oxygen atoms in total. The monoisotopic (exact) mass is 415 g/mol. The molecule has 2 saturated heterocycles. The van der Waals surface area contributed by atoms with E-state index in [-0.39, 0.29) is 30.3 Å². The molecule has 3 amide bonds. The number of carbonyl (C=O) groups excluding carboxylic acids is 3. The average Bonchev–Trinajstić information content (AvgIpc) is 3.29. The standard InChI is InChI=1S/C25H25N3O3/c1-15(2)13-27-19-12-8-7-11-18(19)25(24(27)31)21-20(16(3)26-25)22(29)28(23(21)30)14-17-9-5-4-6-10-17/h4-12,16,20-21,26H,1,13-14H2,2-3H3/t16-,20-,21-,25+/m1/s1. The van der Waals surface area contributed by atoms with E-state index in [1.165, 1.54) is 4.90 Å². The number of hydrogen-bond acceptors (Lipinski definition) is 4. The predicted octanol–water partition coefficient (Wildman–Crippen LogP) is 2.60. The highest BCUT2D eigenvalue weighted by atomic mass is 16.2. The van der Waals surface area contributed by atoms with Crippen LogP contribution in [0, 0.1) is 11.8 Å². The molecule has 0 unspecified atom stereocenters. The van der Waals surface area contributed by atoms with Crippen LogP contribution in [0.1, 0.15) is 25.0 Å². The lowest BCUT2D eigenvalue weighted by molar-refractivity contribution is -0.143. The molecule has 1 N–H and O–H groups in total. The molecule has 2 aromatic rings. The number of imide groups is 1. The third-order valence-electron chi connectivity index (χ3n) is 6.72. The molecule has 31 heavy (non-hydrogen) atoms. The molecule has 0 saturated carbocycles. The molecule has 4 atom stereocenters. The molecular formula is C25H25N3O3. The fourth-order valence-corrected chi connectivity index (χ4v) is 5.52. The van der Waals surface area contributed by atoms with Gasteiger partial charge in [-0.2, -0.15) is 0 Å². The summed E-state index contributed by atoms with van der Waals surface area (Å²) in [6.07, 6.45) is 0. The van der Waals surface area contributed by atoms with Gasteiger partial charge >= 0.3 is 0 Å². The first-order valence-corrected chi connectivity index (χ1v) is 10.6. The lowest BCUT2D eigenvalue weighted by Gasteiger charge is -2.30. The summed E-state index contributed by atoms with van der Waals surface area (Å²) in [5, 5.41) is 3.40. The Labute approximate surface area is 181 Å². The van der Waals surface area contributed by atoms with Crippen LogP contribution in [0.4, 0.5) is 5.69 Å². The van der Waals surface area contributed by atoms with Gasteiger partial charge in [0.1, 0.15) is 5.54 Å². The highest BCUT2D eigenvalue weighted by Gasteiger charge is 2.70. The number of carbonyl (C=O) groups is 3. The van der Waals surface area contributed by atoms with Gasteiger partial charge in [-0.1, -0.05) is 60.7 Å². The number of likely N-dealkylation sites (tertiary alicyclic amines) is 1. The van der Waals surface area contributed by atoms with Crippen molar-refractivity contribution in [3.63, 3.8) is 0 Å². The van der Waals surface area contributed by atoms with Gasteiger partial charge in [0, 0.05) is 23.8 Å². The first-order valence-electron chi connectivity index (χ1n) is 10.6. The molecule has 3 aliphatic heterocycles. The topological polar surface area (TPSA) is 69.7 Å². The van der Waals surface area contributed by atoms with E-state index in [2.05, 4.69) is 11.9 Å². The SMILES string of the molecule is C=C(C)CN1C(=O)[C@]2(N[C@H](C)[C@H]3C(=O)N(Cc4ccccc4)C(=O)[C@@H]32)c2ccccc21. The second kappa shape index (κ2) is 6.89. The number of fused-ring (bicyclic) bond motifs is 4. The van der Waals surface area contributed by atoms with Gasteiger partial charge in [0.15, 0.2) is 0 Å². The van der Waals surface area contributed by atoms with E-state index in [9.17, 15) is 14.4 Å². The van der Waals surface area contributed by atoms with Gasteiger partial charge in [-0.15, -0.1) is 0 Å². The molecule has 2 aromatic carbocycles. The number of hydrogen-bond donors (Lipinski definition) is 1. The quantitative estimate of drug-likeness (QED) is 0.616. The van der Waals surface area contributed by atoms with Crippen LogP contribution in [0.3, 0.4) is 0 Å².